The summed E-state index contributed by atoms with van der Waals surface area (Å²) in [5.74, 6) is 0.123. The molecule has 0 bridgehead atoms. The molecule has 1 aliphatic rings. The summed E-state index contributed by atoms with van der Waals surface area (Å²) >= 11 is 7.45. The number of nitrogens with zero attached hydrogens (tertiary/aromatic N) is 3. The van der Waals surface area contributed by atoms with Crippen molar-refractivity contribution in [1.29, 1.82) is 0 Å². The van der Waals surface area contributed by atoms with Crippen molar-refractivity contribution in [3.8, 4) is 10.6 Å². The van der Waals surface area contributed by atoms with Crippen LogP contribution in [0.5, 0.6) is 0 Å². The molecule has 140 valence electrons. The van der Waals surface area contributed by atoms with Crippen LogP contribution in [0, 0.1) is 6.92 Å². The topological polar surface area (TPSA) is 36.4 Å². The predicted molar refractivity (Wildman–Crippen MR) is 109 cm³/mol. The Hall–Kier alpha value is -1.43. The fraction of sp³-hybridized carbons (Fsp3) is 0.500. The normalized spacial score (nSPS) is 15.9. The zero-order chi connectivity index (χ0) is 18.5. The molecular formula is C20H26ClN3OS. The van der Waals surface area contributed by atoms with Crippen LogP contribution in [0.4, 0.5) is 0 Å². The number of rotatable bonds is 5. The minimum atomic E-state index is 0.123. The van der Waals surface area contributed by atoms with Crippen molar-refractivity contribution in [3.63, 3.8) is 0 Å². The lowest BCUT2D eigenvalue weighted by Gasteiger charge is -2.21. The molecule has 1 fully saturated rings. The van der Waals surface area contributed by atoms with Crippen LogP contribution in [0.3, 0.4) is 0 Å². The van der Waals surface area contributed by atoms with Gasteiger partial charge in [-0.3, -0.25) is 4.79 Å². The Kier molecular flexibility index (Phi) is 6.68. The minimum Gasteiger partial charge on any atom is -0.337 e. The number of unbranched alkanes of at least 4 members (excludes halogenated alkanes) is 1. The van der Waals surface area contributed by atoms with Crippen LogP contribution in [0.15, 0.2) is 24.3 Å². The van der Waals surface area contributed by atoms with Crippen molar-refractivity contribution < 1.29 is 4.79 Å². The van der Waals surface area contributed by atoms with Crippen molar-refractivity contribution >= 4 is 28.8 Å². The number of aryl methyl sites for hydroxylation is 1. The monoisotopic (exact) mass is 391 g/mol. The number of aromatic nitrogens is 1. The van der Waals surface area contributed by atoms with E-state index in [1.807, 2.05) is 36.1 Å². The first-order valence-corrected chi connectivity index (χ1v) is 10.5. The largest absolute Gasteiger partial charge is 0.337 e. The van der Waals surface area contributed by atoms with Gasteiger partial charge in [0.25, 0.3) is 5.91 Å². The summed E-state index contributed by atoms with van der Waals surface area (Å²) in [6, 6.07) is 7.61. The van der Waals surface area contributed by atoms with Crippen molar-refractivity contribution in [2.24, 2.45) is 0 Å². The van der Waals surface area contributed by atoms with E-state index in [0.29, 0.717) is 5.02 Å². The van der Waals surface area contributed by atoms with E-state index in [9.17, 15) is 4.79 Å². The smallest absolute Gasteiger partial charge is 0.265 e. The highest BCUT2D eigenvalue weighted by molar-refractivity contribution is 7.17. The second kappa shape index (κ2) is 8.98. The SMILES string of the molecule is CCCCN1CCCN(C(=O)c2sc(-c3ccc(Cl)cc3)nc2C)CC1. The average Bonchev–Trinajstić information content (AvgIpc) is 2.88. The maximum atomic E-state index is 13.0. The van der Waals surface area contributed by atoms with Gasteiger partial charge in [-0.05, 0) is 45.0 Å². The Morgan fingerprint density at radius 1 is 1.19 bits per heavy atom. The van der Waals surface area contributed by atoms with E-state index in [2.05, 4.69) is 16.8 Å². The van der Waals surface area contributed by atoms with E-state index in [1.165, 1.54) is 24.2 Å². The Morgan fingerprint density at radius 2 is 1.96 bits per heavy atom. The molecule has 4 nitrogen and oxygen atoms in total. The molecule has 1 aromatic carbocycles. The number of carbonyl (C=O) groups is 1. The zero-order valence-corrected chi connectivity index (χ0v) is 17.1. The summed E-state index contributed by atoms with van der Waals surface area (Å²) in [6.07, 6.45) is 3.48. The number of thiazole rings is 1. The van der Waals surface area contributed by atoms with Gasteiger partial charge in [0, 0.05) is 30.2 Å². The lowest BCUT2D eigenvalue weighted by atomic mass is 10.2. The standard InChI is InChI=1S/C20H26ClN3OS/c1-3-4-10-23-11-5-12-24(14-13-23)20(25)18-15(2)22-19(26-18)16-6-8-17(21)9-7-16/h6-9H,3-5,10-14H2,1-2H3. The molecule has 0 spiro atoms. The van der Waals surface area contributed by atoms with Crippen LogP contribution < -0.4 is 0 Å². The molecular weight excluding hydrogens is 366 g/mol. The quantitative estimate of drug-likeness (QED) is 0.739. The van der Waals surface area contributed by atoms with Crippen LogP contribution in [0.25, 0.3) is 10.6 Å². The fourth-order valence-corrected chi connectivity index (χ4v) is 4.40. The molecule has 1 saturated heterocycles. The number of halogens is 1. The van der Waals surface area contributed by atoms with Crippen molar-refractivity contribution in [2.75, 3.05) is 32.7 Å². The Labute approximate surface area is 164 Å². The summed E-state index contributed by atoms with van der Waals surface area (Å²) in [5.41, 5.74) is 1.82. The molecule has 0 N–H and O–H groups in total. The van der Waals surface area contributed by atoms with Crippen LogP contribution in [-0.2, 0) is 0 Å². The van der Waals surface area contributed by atoms with Gasteiger partial charge in [-0.15, -0.1) is 11.3 Å². The zero-order valence-electron chi connectivity index (χ0n) is 15.5. The van der Waals surface area contributed by atoms with E-state index < -0.39 is 0 Å². The number of hydrogen-bond acceptors (Lipinski definition) is 4. The van der Waals surface area contributed by atoms with Gasteiger partial charge in [0.1, 0.15) is 9.88 Å². The summed E-state index contributed by atoms with van der Waals surface area (Å²) in [6.45, 7) is 8.96. The van der Waals surface area contributed by atoms with Gasteiger partial charge in [-0.1, -0.05) is 37.1 Å². The maximum absolute atomic E-state index is 13.0. The van der Waals surface area contributed by atoms with Crippen molar-refractivity contribution in [3.05, 3.63) is 39.9 Å². The molecule has 0 atom stereocenters. The first-order chi connectivity index (χ1) is 12.6. The van der Waals surface area contributed by atoms with E-state index >= 15 is 0 Å². The third-order valence-electron chi connectivity index (χ3n) is 4.79. The molecule has 2 aromatic rings. The third kappa shape index (κ3) is 4.64. The van der Waals surface area contributed by atoms with Gasteiger partial charge < -0.3 is 9.80 Å². The van der Waals surface area contributed by atoms with Gasteiger partial charge in [0.2, 0.25) is 0 Å². The molecule has 1 aromatic heterocycles. The molecule has 6 heteroatoms. The molecule has 1 amide bonds. The van der Waals surface area contributed by atoms with E-state index in [1.54, 1.807) is 0 Å². The molecule has 0 radical (unpaired) electrons. The lowest BCUT2D eigenvalue weighted by molar-refractivity contribution is 0.0765. The molecule has 3 rings (SSSR count). The predicted octanol–water partition coefficient (Wildman–Crippen LogP) is 4.72. The molecule has 0 unspecified atom stereocenters. The van der Waals surface area contributed by atoms with E-state index in [0.717, 1.165) is 60.3 Å². The van der Waals surface area contributed by atoms with Crippen LogP contribution >= 0.6 is 22.9 Å². The lowest BCUT2D eigenvalue weighted by Crippen LogP contribution is -2.35. The molecule has 0 saturated carbocycles. The number of amides is 1. The second-order valence-electron chi connectivity index (χ2n) is 6.78. The van der Waals surface area contributed by atoms with Gasteiger partial charge in [-0.2, -0.15) is 0 Å². The first kappa shape index (κ1) is 19.3. The van der Waals surface area contributed by atoms with Gasteiger partial charge >= 0.3 is 0 Å². The Balaban J connectivity index is 1.70. The number of hydrogen-bond donors (Lipinski definition) is 0. The number of carbonyl (C=O) groups excluding carboxylic acids is 1. The first-order valence-electron chi connectivity index (χ1n) is 9.33. The maximum Gasteiger partial charge on any atom is 0.265 e. The summed E-state index contributed by atoms with van der Waals surface area (Å²) < 4.78 is 0. The van der Waals surface area contributed by atoms with E-state index in [4.69, 9.17) is 11.6 Å². The molecule has 2 heterocycles. The van der Waals surface area contributed by atoms with Gasteiger partial charge in [0.05, 0.1) is 5.69 Å². The van der Waals surface area contributed by atoms with Crippen LogP contribution in [0.2, 0.25) is 5.02 Å². The van der Waals surface area contributed by atoms with Crippen molar-refractivity contribution in [2.45, 2.75) is 33.1 Å². The molecule has 26 heavy (non-hydrogen) atoms. The summed E-state index contributed by atoms with van der Waals surface area (Å²) in [4.78, 5) is 22.9. The number of benzene rings is 1. The Bertz CT molecular complexity index is 744. The van der Waals surface area contributed by atoms with E-state index in [-0.39, 0.29) is 5.91 Å². The van der Waals surface area contributed by atoms with Crippen LogP contribution in [0.1, 0.15) is 41.6 Å². The van der Waals surface area contributed by atoms with Gasteiger partial charge in [0.15, 0.2) is 0 Å². The third-order valence-corrected chi connectivity index (χ3v) is 6.23. The molecule has 1 aliphatic heterocycles. The highest BCUT2D eigenvalue weighted by Crippen LogP contribution is 2.29. The van der Waals surface area contributed by atoms with Crippen LogP contribution in [-0.4, -0.2) is 53.4 Å². The highest BCUT2D eigenvalue weighted by atomic mass is 35.5. The fourth-order valence-electron chi connectivity index (χ4n) is 3.23. The summed E-state index contributed by atoms with van der Waals surface area (Å²) in [7, 11) is 0. The Morgan fingerprint density at radius 3 is 2.69 bits per heavy atom. The molecule has 0 aliphatic carbocycles. The summed E-state index contributed by atoms with van der Waals surface area (Å²) in [5, 5.41) is 1.58. The minimum absolute atomic E-state index is 0.123. The second-order valence-corrected chi connectivity index (χ2v) is 8.22. The highest BCUT2D eigenvalue weighted by Gasteiger charge is 2.24. The average molecular weight is 392 g/mol. The van der Waals surface area contributed by atoms with Gasteiger partial charge in [-0.25, -0.2) is 4.98 Å². The van der Waals surface area contributed by atoms with Crippen molar-refractivity contribution in [1.82, 2.24) is 14.8 Å².